The molecule has 34 heavy (non-hydrogen) atoms. The smallest absolute Gasteiger partial charge is 0.305 e. The molecule has 5 nitrogen and oxygen atoms in total. The van der Waals surface area contributed by atoms with E-state index in [1.54, 1.807) is 11.8 Å². The summed E-state index contributed by atoms with van der Waals surface area (Å²) in [4.78, 5) is 44.8. The molecule has 7 atom stereocenters. The van der Waals surface area contributed by atoms with Crippen molar-refractivity contribution < 1.29 is 14.0 Å². The molecule has 2 aliphatic heterocycles. The average Bonchev–Trinajstić information content (AvgIpc) is 3.54. The first kappa shape index (κ1) is 20.6. The number of thiazole rings is 1. The Kier molecular flexibility index (Phi) is 4.34. The maximum atomic E-state index is 13.6. The summed E-state index contributed by atoms with van der Waals surface area (Å²) in [6.07, 6.45) is 0.855. The number of hydrogen-bond donors (Lipinski definition) is 1. The van der Waals surface area contributed by atoms with Crippen LogP contribution in [0.15, 0.2) is 58.4 Å². The number of nitrogens with zero attached hydrogens (tertiary/aromatic N) is 1. The number of rotatable bonds is 2. The van der Waals surface area contributed by atoms with E-state index in [4.69, 9.17) is 0 Å². The second-order valence-corrected chi connectivity index (χ2v) is 12.1. The van der Waals surface area contributed by atoms with Gasteiger partial charge in [-0.05, 0) is 60.9 Å². The van der Waals surface area contributed by atoms with Gasteiger partial charge in [0.15, 0.2) is 0 Å². The van der Waals surface area contributed by atoms with E-state index >= 15 is 0 Å². The summed E-state index contributed by atoms with van der Waals surface area (Å²) in [5.41, 5.74) is 2.78. The van der Waals surface area contributed by atoms with E-state index in [1.807, 2.05) is 0 Å². The molecular weight excluding hydrogens is 471 g/mol. The second kappa shape index (κ2) is 7.15. The van der Waals surface area contributed by atoms with Crippen molar-refractivity contribution in [2.24, 2.45) is 29.6 Å². The van der Waals surface area contributed by atoms with Crippen LogP contribution in [0.3, 0.4) is 0 Å². The fraction of sp³-hybridized carbons (Fsp3) is 0.346. The number of halogens is 1. The highest BCUT2D eigenvalue weighted by atomic mass is 32.2. The predicted octanol–water partition coefficient (Wildman–Crippen LogP) is 4.56. The summed E-state index contributed by atoms with van der Waals surface area (Å²) >= 11 is 2.96. The number of carbonyl (C=O) groups is 2. The lowest BCUT2D eigenvalue weighted by Gasteiger charge is -2.43. The van der Waals surface area contributed by atoms with Crippen LogP contribution in [0.25, 0.3) is 0 Å². The summed E-state index contributed by atoms with van der Waals surface area (Å²) in [6, 6.07) is 14.1. The van der Waals surface area contributed by atoms with Crippen LogP contribution in [-0.2, 0) is 9.59 Å². The van der Waals surface area contributed by atoms with Gasteiger partial charge in [0.05, 0.1) is 22.5 Å². The van der Waals surface area contributed by atoms with E-state index in [1.165, 1.54) is 46.1 Å². The molecule has 2 saturated carbocycles. The van der Waals surface area contributed by atoms with Gasteiger partial charge in [-0.2, -0.15) is 0 Å². The number of benzene rings is 2. The van der Waals surface area contributed by atoms with E-state index < -0.39 is 5.82 Å². The zero-order valence-corrected chi connectivity index (χ0v) is 19.9. The van der Waals surface area contributed by atoms with Gasteiger partial charge >= 0.3 is 4.87 Å². The first-order valence-electron chi connectivity index (χ1n) is 11.5. The van der Waals surface area contributed by atoms with Gasteiger partial charge in [0.25, 0.3) is 0 Å². The molecule has 172 valence electrons. The van der Waals surface area contributed by atoms with Crippen molar-refractivity contribution in [3.8, 4) is 0 Å². The number of nitrogens with one attached hydrogen (secondary N) is 1. The van der Waals surface area contributed by atoms with Gasteiger partial charge in [-0.1, -0.05) is 41.2 Å². The number of thioether (sulfide) groups is 1. The molecule has 2 amide bonds. The molecule has 1 aromatic heterocycles. The number of amides is 2. The molecule has 1 N–H and O–H groups in total. The third-order valence-corrected chi connectivity index (χ3v) is 10.8. The standard InChI is InChI=1S/C26H21FN2O3S2/c1-11-2-4-12(5-3-11)17-18-15-10-16(21(18)33-23-22(17)34-26(32)28-23)20-19(15)24(30)29(25(20)31)14-8-6-13(27)7-9-14/h2-9,15-21H,10H2,1H3,(H,28,32)/t15-,16+,17+,18+,19+,20+,21-/m0/s1. The molecule has 0 unspecified atom stereocenters. The first-order valence-corrected chi connectivity index (χ1v) is 13.2. The Morgan fingerprint density at radius 2 is 1.62 bits per heavy atom. The monoisotopic (exact) mass is 492 g/mol. The van der Waals surface area contributed by atoms with Crippen molar-refractivity contribution in [1.82, 2.24) is 4.98 Å². The number of hydrogen-bond acceptors (Lipinski definition) is 5. The summed E-state index contributed by atoms with van der Waals surface area (Å²) in [6.45, 7) is 2.05. The SMILES string of the molecule is Cc1ccc([C@H]2c3sc(=O)[nH]c3S[C@H]3[C@@H]4C[C@H]([C@H]5C(=O)N(c6ccc(F)cc6)C(=O)[C@H]45)[C@H]23)cc1. The maximum Gasteiger partial charge on any atom is 0.305 e. The van der Waals surface area contributed by atoms with Crippen LogP contribution in [0.4, 0.5) is 10.1 Å². The van der Waals surface area contributed by atoms with Crippen LogP contribution in [-0.4, -0.2) is 22.0 Å². The number of aryl methyl sites for hydroxylation is 1. The Morgan fingerprint density at radius 3 is 2.32 bits per heavy atom. The van der Waals surface area contributed by atoms with Crippen molar-refractivity contribution in [2.75, 3.05) is 4.90 Å². The van der Waals surface area contributed by atoms with Crippen molar-refractivity contribution in [1.29, 1.82) is 0 Å². The van der Waals surface area contributed by atoms with Crippen molar-refractivity contribution >= 4 is 40.6 Å². The third kappa shape index (κ3) is 2.69. The number of anilines is 1. The molecule has 2 aliphatic carbocycles. The minimum absolute atomic E-state index is 0.0320. The Bertz CT molecular complexity index is 1400. The topological polar surface area (TPSA) is 70.2 Å². The summed E-state index contributed by atoms with van der Waals surface area (Å²) < 4.78 is 13.5. The highest BCUT2D eigenvalue weighted by Crippen LogP contribution is 2.68. The number of carbonyl (C=O) groups excluding carboxylic acids is 2. The molecule has 3 fully saturated rings. The van der Waals surface area contributed by atoms with Crippen LogP contribution < -0.4 is 9.77 Å². The zero-order valence-electron chi connectivity index (χ0n) is 18.2. The quantitative estimate of drug-likeness (QED) is 0.533. The molecule has 7 rings (SSSR count). The number of aromatic nitrogens is 1. The fourth-order valence-corrected chi connectivity index (χ4v) is 9.90. The number of aromatic amines is 1. The van der Waals surface area contributed by atoms with Crippen LogP contribution in [0.1, 0.15) is 28.3 Å². The summed E-state index contributed by atoms with van der Waals surface area (Å²) in [5.74, 6) is -1.05. The third-order valence-electron chi connectivity index (χ3n) is 8.25. The molecule has 3 aromatic rings. The van der Waals surface area contributed by atoms with E-state index in [9.17, 15) is 18.8 Å². The number of imide groups is 1. The van der Waals surface area contributed by atoms with E-state index in [0.29, 0.717) is 5.69 Å². The Morgan fingerprint density at radius 1 is 0.941 bits per heavy atom. The highest BCUT2D eigenvalue weighted by molar-refractivity contribution is 8.00. The highest BCUT2D eigenvalue weighted by Gasteiger charge is 2.69. The molecule has 2 bridgehead atoms. The lowest BCUT2D eigenvalue weighted by Crippen LogP contribution is -2.42. The molecule has 3 heterocycles. The van der Waals surface area contributed by atoms with Crippen LogP contribution in [0.2, 0.25) is 0 Å². The van der Waals surface area contributed by atoms with Crippen LogP contribution in [0.5, 0.6) is 0 Å². The molecule has 0 radical (unpaired) electrons. The van der Waals surface area contributed by atoms with Gasteiger partial charge < -0.3 is 4.98 Å². The van der Waals surface area contributed by atoms with Gasteiger partial charge in [0, 0.05) is 16.0 Å². The first-order chi connectivity index (χ1) is 16.4. The maximum absolute atomic E-state index is 13.6. The van der Waals surface area contributed by atoms with E-state index in [0.717, 1.165) is 21.9 Å². The lowest BCUT2D eigenvalue weighted by molar-refractivity contribution is -0.123. The Balaban J connectivity index is 1.32. The average molecular weight is 493 g/mol. The van der Waals surface area contributed by atoms with Gasteiger partial charge in [-0.3, -0.25) is 19.3 Å². The normalized spacial score (nSPS) is 33.2. The zero-order chi connectivity index (χ0) is 23.3. The minimum Gasteiger partial charge on any atom is -0.307 e. The molecule has 2 aromatic carbocycles. The molecule has 4 aliphatic rings. The van der Waals surface area contributed by atoms with Crippen LogP contribution >= 0.6 is 23.1 Å². The van der Waals surface area contributed by atoms with Crippen molar-refractivity contribution in [3.05, 3.63) is 80.0 Å². The molecule has 8 heteroatoms. The minimum atomic E-state index is -0.397. The second-order valence-electron chi connectivity index (χ2n) is 9.86. The Hall–Kier alpha value is -2.71. The molecule has 0 spiro atoms. The number of fused-ring (bicyclic) bond motifs is 9. The molecular formula is C26H21FN2O3S2. The van der Waals surface area contributed by atoms with E-state index in [2.05, 4.69) is 36.2 Å². The van der Waals surface area contributed by atoms with E-state index in [-0.39, 0.29) is 57.4 Å². The summed E-state index contributed by atoms with van der Waals surface area (Å²) in [5, 5.41) is 1.08. The van der Waals surface area contributed by atoms with Crippen molar-refractivity contribution in [3.63, 3.8) is 0 Å². The van der Waals surface area contributed by atoms with Crippen molar-refractivity contribution in [2.45, 2.75) is 29.5 Å². The lowest BCUT2D eigenvalue weighted by atomic mass is 9.68. The van der Waals surface area contributed by atoms with Gasteiger partial charge in [-0.15, -0.1) is 11.8 Å². The largest absolute Gasteiger partial charge is 0.307 e. The number of H-pyrrole nitrogens is 1. The molecule has 1 saturated heterocycles. The predicted molar refractivity (Wildman–Crippen MR) is 129 cm³/mol. The Labute approximate surface area is 203 Å². The van der Waals surface area contributed by atoms with Crippen LogP contribution in [0, 0.1) is 42.3 Å². The van der Waals surface area contributed by atoms with Gasteiger partial charge in [0.2, 0.25) is 11.8 Å². The van der Waals surface area contributed by atoms with Gasteiger partial charge in [0.1, 0.15) is 5.82 Å². The summed E-state index contributed by atoms with van der Waals surface area (Å²) in [7, 11) is 0. The fourth-order valence-electron chi connectivity index (χ4n) is 7.01. The van der Waals surface area contributed by atoms with Gasteiger partial charge in [-0.25, -0.2) is 4.39 Å².